The van der Waals surface area contributed by atoms with Gasteiger partial charge in [-0.2, -0.15) is 11.8 Å². The van der Waals surface area contributed by atoms with Gasteiger partial charge in [0.15, 0.2) is 0 Å². The molecule has 100 valence electrons. The van der Waals surface area contributed by atoms with Crippen LogP contribution in [0.1, 0.15) is 22.8 Å². The number of nitrogens with one attached hydrogen (secondary N) is 1. The van der Waals surface area contributed by atoms with Crippen LogP contribution in [-0.4, -0.2) is 35.9 Å². The maximum Gasteiger partial charge on any atom is 0.238 e. The Hall–Kier alpha value is -0.520. The zero-order valence-corrected chi connectivity index (χ0v) is 12.7. The Morgan fingerprint density at radius 3 is 3.00 bits per heavy atom. The number of aryl methyl sites for hydroxylation is 1. The second-order valence-corrected chi connectivity index (χ2v) is 7.07. The molecule has 18 heavy (non-hydrogen) atoms. The average molecular weight is 284 g/mol. The van der Waals surface area contributed by atoms with Gasteiger partial charge in [-0.05, 0) is 37.0 Å². The highest BCUT2D eigenvalue weighted by Crippen LogP contribution is 2.29. The molecular formula is C13H20N2OS2. The predicted octanol–water partition coefficient (Wildman–Crippen LogP) is 2.49. The lowest BCUT2D eigenvalue weighted by molar-refractivity contribution is -0.128. The zero-order valence-electron chi connectivity index (χ0n) is 11.1. The molecule has 0 aliphatic carbocycles. The van der Waals surface area contributed by atoms with Gasteiger partial charge in [0.2, 0.25) is 5.91 Å². The maximum absolute atomic E-state index is 12.0. The molecule has 1 amide bonds. The van der Waals surface area contributed by atoms with Crippen LogP contribution in [-0.2, 0) is 4.79 Å². The summed E-state index contributed by atoms with van der Waals surface area (Å²) in [5.74, 6) is 1.85. The molecule has 1 fully saturated rings. The van der Waals surface area contributed by atoms with E-state index in [9.17, 15) is 4.79 Å². The van der Waals surface area contributed by atoms with Gasteiger partial charge >= 0.3 is 0 Å². The van der Waals surface area contributed by atoms with E-state index in [-0.39, 0.29) is 12.1 Å². The molecule has 1 saturated heterocycles. The fourth-order valence-corrected chi connectivity index (χ4v) is 3.92. The number of thioether (sulfide) groups is 1. The van der Waals surface area contributed by atoms with Gasteiger partial charge in [-0.15, -0.1) is 11.3 Å². The number of carbonyl (C=O) groups is 1. The highest BCUT2D eigenvalue weighted by molar-refractivity contribution is 7.98. The largest absolute Gasteiger partial charge is 0.321 e. The van der Waals surface area contributed by atoms with Gasteiger partial charge in [0, 0.05) is 16.3 Å². The quantitative estimate of drug-likeness (QED) is 0.901. The molecule has 2 unspecified atom stereocenters. The van der Waals surface area contributed by atoms with E-state index in [1.165, 1.54) is 9.75 Å². The third-order valence-electron chi connectivity index (χ3n) is 3.07. The normalized spacial score (nSPS) is 21.6. The molecule has 2 heterocycles. The topological polar surface area (TPSA) is 32.3 Å². The number of thiophene rings is 1. The first-order chi connectivity index (χ1) is 8.61. The number of hydrogen-bond donors (Lipinski definition) is 1. The van der Waals surface area contributed by atoms with Gasteiger partial charge in [-0.3, -0.25) is 10.1 Å². The van der Waals surface area contributed by atoms with E-state index in [0.717, 1.165) is 12.3 Å². The molecule has 0 aromatic carbocycles. The number of amides is 1. The molecule has 3 nitrogen and oxygen atoms in total. The van der Waals surface area contributed by atoms with Gasteiger partial charge in [-0.1, -0.05) is 6.92 Å². The van der Waals surface area contributed by atoms with Crippen LogP contribution in [0.25, 0.3) is 0 Å². The molecule has 1 aromatic heterocycles. The van der Waals surface area contributed by atoms with Crippen molar-refractivity contribution in [2.24, 2.45) is 5.92 Å². The van der Waals surface area contributed by atoms with E-state index < -0.39 is 0 Å². The van der Waals surface area contributed by atoms with Gasteiger partial charge in [0.25, 0.3) is 0 Å². The number of rotatable bonds is 5. The molecule has 2 atom stereocenters. The maximum atomic E-state index is 12.0. The predicted molar refractivity (Wildman–Crippen MR) is 79.1 cm³/mol. The molecule has 0 spiro atoms. The second kappa shape index (κ2) is 6.08. The lowest BCUT2D eigenvalue weighted by Crippen LogP contribution is -2.34. The van der Waals surface area contributed by atoms with E-state index in [2.05, 4.69) is 37.6 Å². The van der Waals surface area contributed by atoms with Crippen LogP contribution in [0.3, 0.4) is 0 Å². The zero-order chi connectivity index (χ0) is 13.1. The Morgan fingerprint density at radius 1 is 1.61 bits per heavy atom. The summed E-state index contributed by atoms with van der Waals surface area (Å²) in [6, 6.07) is 4.25. The minimum absolute atomic E-state index is 0.0838. The average Bonchev–Trinajstić information content (AvgIpc) is 2.87. The van der Waals surface area contributed by atoms with Crippen molar-refractivity contribution in [3.05, 3.63) is 21.9 Å². The van der Waals surface area contributed by atoms with Gasteiger partial charge < -0.3 is 4.90 Å². The van der Waals surface area contributed by atoms with Crippen molar-refractivity contribution in [2.75, 3.05) is 25.1 Å². The highest BCUT2D eigenvalue weighted by Gasteiger charge is 2.32. The summed E-state index contributed by atoms with van der Waals surface area (Å²) in [7, 11) is 0. The fourth-order valence-electron chi connectivity index (χ4n) is 2.27. The molecular weight excluding hydrogens is 264 g/mol. The summed E-state index contributed by atoms with van der Waals surface area (Å²) in [6.45, 7) is 5.62. The van der Waals surface area contributed by atoms with Gasteiger partial charge in [-0.25, -0.2) is 0 Å². The smallest absolute Gasteiger partial charge is 0.238 e. The Kier molecular flexibility index (Phi) is 4.70. The standard InChI is InChI=1S/C13H20N2OS2/c1-9(8-17-3)7-15-12(16)6-14-13(15)11-5-4-10(2)18-11/h4-5,9,13-14H,6-8H2,1-3H3. The van der Waals surface area contributed by atoms with E-state index in [1.807, 2.05) is 16.7 Å². The fraction of sp³-hybridized carbons (Fsp3) is 0.615. The second-order valence-electron chi connectivity index (χ2n) is 4.84. The minimum Gasteiger partial charge on any atom is -0.321 e. The van der Waals surface area contributed by atoms with Crippen molar-refractivity contribution in [1.82, 2.24) is 10.2 Å². The first kappa shape index (κ1) is 13.9. The van der Waals surface area contributed by atoms with E-state index in [4.69, 9.17) is 0 Å². The van der Waals surface area contributed by atoms with Crippen LogP contribution in [0.15, 0.2) is 12.1 Å². The Bertz CT molecular complexity index is 419. The van der Waals surface area contributed by atoms with Gasteiger partial charge in [0.1, 0.15) is 6.17 Å². The van der Waals surface area contributed by atoms with Crippen LogP contribution < -0.4 is 5.32 Å². The Labute approximate surface area is 117 Å². The van der Waals surface area contributed by atoms with Crippen LogP contribution in [0.5, 0.6) is 0 Å². The highest BCUT2D eigenvalue weighted by atomic mass is 32.2. The van der Waals surface area contributed by atoms with Crippen LogP contribution in [0.4, 0.5) is 0 Å². The Morgan fingerprint density at radius 2 is 2.39 bits per heavy atom. The summed E-state index contributed by atoms with van der Waals surface area (Å²) < 4.78 is 0. The van der Waals surface area contributed by atoms with Gasteiger partial charge in [0.05, 0.1) is 6.54 Å². The number of nitrogens with zero attached hydrogens (tertiary/aromatic N) is 1. The summed E-state index contributed by atoms with van der Waals surface area (Å²) in [5.41, 5.74) is 0. The molecule has 2 rings (SSSR count). The van der Waals surface area contributed by atoms with E-state index in [1.54, 1.807) is 11.3 Å². The van der Waals surface area contributed by atoms with E-state index in [0.29, 0.717) is 12.5 Å². The van der Waals surface area contributed by atoms with Crippen molar-refractivity contribution < 1.29 is 4.79 Å². The molecule has 1 aromatic rings. The lowest BCUT2D eigenvalue weighted by atomic mass is 10.2. The summed E-state index contributed by atoms with van der Waals surface area (Å²) >= 11 is 3.61. The van der Waals surface area contributed by atoms with E-state index >= 15 is 0 Å². The number of hydrogen-bond acceptors (Lipinski definition) is 4. The molecule has 1 N–H and O–H groups in total. The Balaban J connectivity index is 2.08. The first-order valence-electron chi connectivity index (χ1n) is 6.20. The summed E-state index contributed by atoms with van der Waals surface area (Å²) in [6.07, 6.45) is 2.20. The van der Waals surface area contributed by atoms with Crippen LogP contribution in [0.2, 0.25) is 0 Å². The minimum atomic E-state index is 0.0838. The molecule has 0 radical (unpaired) electrons. The third kappa shape index (κ3) is 3.08. The van der Waals surface area contributed by atoms with Crippen molar-refractivity contribution in [3.63, 3.8) is 0 Å². The monoisotopic (exact) mass is 284 g/mol. The first-order valence-corrected chi connectivity index (χ1v) is 8.41. The van der Waals surface area contributed by atoms with Crippen LogP contribution in [0, 0.1) is 12.8 Å². The van der Waals surface area contributed by atoms with Crippen molar-refractivity contribution >= 4 is 29.0 Å². The lowest BCUT2D eigenvalue weighted by Gasteiger charge is -2.26. The molecule has 0 bridgehead atoms. The summed E-state index contributed by atoms with van der Waals surface area (Å²) in [4.78, 5) is 16.5. The number of carbonyl (C=O) groups excluding carboxylic acids is 1. The van der Waals surface area contributed by atoms with Crippen molar-refractivity contribution in [2.45, 2.75) is 20.0 Å². The third-order valence-corrected chi connectivity index (χ3v) is 5.02. The molecule has 1 aliphatic rings. The molecule has 0 saturated carbocycles. The van der Waals surface area contributed by atoms with Crippen LogP contribution >= 0.6 is 23.1 Å². The van der Waals surface area contributed by atoms with Crippen molar-refractivity contribution in [3.8, 4) is 0 Å². The SMILES string of the molecule is CSCC(C)CN1C(=O)CNC1c1ccc(C)s1. The van der Waals surface area contributed by atoms with Crippen molar-refractivity contribution in [1.29, 1.82) is 0 Å². The molecule has 1 aliphatic heterocycles. The summed E-state index contributed by atoms with van der Waals surface area (Å²) in [5, 5.41) is 3.31. The molecule has 5 heteroatoms.